The van der Waals surface area contributed by atoms with Crippen LogP contribution in [0, 0.1) is 5.92 Å². The summed E-state index contributed by atoms with van der Waals surface area (Å²) in [6.07, 6.45) is 1.67. The van der Waals surface area contributed by atoms with Gasteiger partial charge >= 0.3 is 0 Å². The molecule has 2 amide bonds. The molecule has 1 aromatic rings. The number of nitrogens with one attached hydrogen (secondary N) is 3. The van der Waals surface area contributed by atoms with Crippen molar-refractivity contribution in [1.82, 2.24) is 10.6 Å². The zero-order valence-corrected chi connectivity index (χ0v) is 12.8. The van der Waals surface area contributed by atoms with Crippen molar-refractivity contribution < 1.29 is 9.59 Å². The van der Waals surface area contributed by atoms with Crippen LogP contribution in [0.1, 0.15) is 30.1 Å². The number of carbonyl (C=O) groups is 2. The number of rotatable bonds is 5. The SMILES string of the molecule is CCCNC(=O)c1ccc(Cl)cc1NC(=O)C1CCNC1. The highest BCUT2D eigenvalue weighted by atomic mass is 35.5. The van der Waals surface area contributed by atoms with Gasteiger partial charge in [0, 0.05) is 18.1 Å². The van der Waals surface area contributed by atoms with E-state index in [0.29, 0.717) is 29.4 Å². The van der Waals surface area contributed by atoms with Crippen LogP contribution in [-0.2, 0) is 4.79 Å². The van der Waals surface area contributed by atoms with E-state index in [0.717, 1.165) is 19.4 Å². The van der Waals surface area contributed by atoms with Gasteiger partial charge in [0.15, 0.2) is 0 Å². The van der Waals surface area contributed by atoms with E-state index >= 15 is 0 Å². The van der Waals surface area contributed by atoms with Gasteiger partial charge in [-0.05, 0) is 37.6 Å². The lowest BCUT2D eigenvalue weighted by molar-refractivity contribution is -0.119. The molecule has 1 aromatic carbocycles. The third kappa shape index (κ3) is 4.19. The topological polar surface area (TPSA) is 70.2 Å². The average Bonchev–Trinajstić information content (AvgIpc) is 2.99. The van der Waals surface area contributed by atoms with E-state index in [2.05, 4.69) is 16.0 Å². The van der Waals surface area contributed by atoms with Crippen LogP contribution in [0.5, 0.6) is 0 Å². The summed E-state index contributed by atoms with van der Waals surface area (Å²) in [4.78, 5) is 24.3. The third-order valence-corrected chi connectivity index (χ3v) is 3.69. The van der Waals surface area contributed by atoms with Crippen molar-refractivity contribution in [2.45, 2.75) is 19.8 Å². The second-order valence-electron chi connectivity index (χ2n) is 5.12. The molecule has 0 spiro atoms. The maximum atomic E-state index is 12.2. The average molecular weight is 310 g/mol. The number of benzene rings is 1. The Morgan fingerprint density at radius 1 is 1.43 bits per heavy atom. The highest BCUT2D eigenvalue weighted by Crippen LogP contribution is 2.22. The summed E-state index contributed by atoms with van der Waals surface area (Å²) in [5, 5.41) is 9.27. The highest BCUT2D eigenvalue weighted by molar-refractivity contribution is 6.31. The monoisotopic (exact) mass is 309 g/mol. The van der Waals surface area contributed by atoms with Crippen molar-refractivity contribution in [2.24, 2.45) is 5.92 Å². The van der Waals surface area contributed by atoms with E-state index in [1.54, 1.807) is 18.2 Å². The maximum absolute atomic E-state index is 12.2. The molecule has 1 unspecified atom stereocenters. The summed E-state index contributed by atoms with van der Waals surface area (Å²) in [5.74, 6) is -0.337. The van der Waals surface area contributed by atoms with Crippen LogP contribution in [0.2, 0.25) is 5.02 Å². The quantitative estimate of drug-likeness (QED) is 0.779. The minimum atomic E-state index is -0.201. The van der Waals surface area contributed by atoms with E-state index in [1.165, 1.54) is 0 Å². The molecular weight excluding hydrogens is 290 g/mol. The molecule has 1 aliphatic rings. The van der Waals surface area contributed by atoms with Crippen molar-refractivity contribution in [3.8, 4) is 0 Å². The normalized spacial score (nSPS) is 17.5. The largest absolute Gasteiger partial charge is 0.352 e. The van der Waals surface area contributed by atoms with E-state index in [9.17, 15) is 9.59 Å². The second-order valence-corrected chi connectivity index (χ2v) is 5.56. The van der Waals surface area contributed by atoms with Gasteiger partial charge in [0.1, 0.15) is 0 Å². The van der Waals surface area contributed by atoms with Gasteiger partial charge in [-0.1, -0.05) is 18.5 Å². The molecule has 0 aliphatic carbocycles. The van der Waals surface area contributed by atoms with Gasteiger partial charge in [0.25, 0.3) is 5.91 Å². The van der Waals surface area contributed by atoms with E-state index in [1.807, 2.05) is 6.92 Å². The molecule has 1 aliphatic heterocycles. The van der Waals surface area contributed by atoms with Gasteiger partial charge in [-0.15, -0.1) is 0 Å². The zero-order valence-electron chi connectivity index (χ0n) is 12.0. The summed E-state index contributed by atoms with van der Waals surface area (Å²) in [5.41, 5.74) is 0.903. The maximum Gasteiger partial charge on any atom is 0.253 e. The number of carbonyl (C=O) groups excluding carboxylic acids is 2. The molecule has 0 saturated carbocycles. The molecule has 6 heteroatoms. The van der Waals surface area contributed by atoms with Crippen molar-refractivity contribution in [1.29, 1.82) is 0 Å². The highest BCUT2D eigenvalue weighted by Gasteiger charge is 2.23. The first-order valence-electron chi connectivity index (χ1n) is 7.21. The lowest BCUT2D eigenvalue weighted by atomic mass is 10.1. The zero-order chi connectivity index (χ0) is 15.2. The Labute approximate surface area is 129 Å². The predicted molar refractivity (Wildman–Crippen MR) is 83.7 cm³/mol. The Morgan fingerprint density at radius 2 is 2.24 bits per heavy atom. The first-order chi connectivity index (χ1) is 10.1. The molecule has 1 fully saturated rings. The summed E-state index contributed by atoms with van der Waals surface area (Å²) in [6.45, 7) is 4.10. The van der Waals surface area contributed by atoms with Gasteiger partial charge in [-0.2, -0.15) is 0 Å². The van der Waals surface area contributed by atoms with Crippen LogP contribution >= 0.6 is 11.6 Å². The van der Waals surface area contributed by atoms with Crippen LogP contribution in [0.3, 0.4) is 0 Å². The smallest absolute Gasteiger partial charge is 0.253 e. The summed E-state index contributed by atoms with van der Waals surface area (Å²) < 4.78 is 0. The summed E-state index contributed by atoms with van der Waals surface area (Å²) >= 11 is 5.97. The van der Waals surface area contributed by atoms with Crippen LogP contribution in [-0.4, -0.2) is 31.4 Å². The first-order valence-corrected chi connectivity index (χ1v) is 7.59. The molecule has 1 atom stereocenters. The molecular formula is C15H20ClN3O2. The number of anilines is 1. The van der Waals surface area contributed by atoms with Gasteiger partial charge in [-0.25, -0.2) is 0 Å². The predicted octanol–water partition coefficient (Wildman–Crippen LogP) is 2.03. The number of halogens is 1. The summed E-state index contributed by atoms with van der Waals surface area (Å²) in [7, 11) is 0. The molecule has 21 heavy (non-hydrogen) atoms. The fourth-order valence-corrected chi connectivity index (χ4v) is 2.44. The molecule has 114 valence electrons. The van der Waals surface area contributed by atoms with Crippen molar-refractivity contribution >= 4 is 29.1 Å². The fourth-order valence-electron chi connectivity index (χ4n) is 2.26. The molecule has 0 bridgehead atoms. The summed E-state index contributed by atoms with van der Waals surface area (Å²) in [6, 6.07) is 4.90. The third-order valence-electron chi connectivity index (χ3n) is 3.45. The van der Waals surface area contributed by atoms with Crippen molar-refractivity contribution in [3.63, 3.8) is 0 Å². The fraction of sp³-hybridized carbons (Fsp3) is 0.467. The first kappa shape index (κ1) is 15.8. The van der Waals surface area contributed by atoms with E-state index in [4.69, 9.17) is 11.6 Å². The molecule has 0 radical (unpaired) electrons. The van der Waals surface area contributed by atoms with Gasteiger partial charge in [-0.3, -0.25) is 9.59 Å². The molecule has 3 N–H and O–H groups in total. The Morgan fingerprint density at radius 3 is 2.90 bits per heavy atom. The number of hydrogen-bond donors (Lipinski definition) is 3. The van der Waals surface area contributed by atoms with Crippen LogP contribution in [0.15, 0.2) is 18.2 Å². The molecule has 1 saturated heterocycles. The Kier molecular flexibility index (Phi) is 5.59. The molecule has 1 heterocycles. The molecule has 0 aromatic heterocycles. The van der Waals surface area contributed by atoms with Crippen molar-refractivity contribution in [2.75, 3.05) is 25.0 Å². The van der Waals surface area contributed by atoms with Crippen molar-refractivity contribution in [3.05, 3.63) is 28.8 Å². The minimum Gasteiger partial charge on any atom is -0.352 e. The lowest BCUT2D eigenvalue weighted by Crippen LogP contribution is -2.28. The van der Waals surface area contributed by atoms with Gasteiger partial charge in [0.2, 0.25) is 5.91 Å². The second kappa shape index (κ2) is 7.43. The van der Waals surface area contributed by atoms with Gasteiger partial charge < -0.3 is 16.0 Å². The number of amides is 2. The Hall–Kier alpha value is -1.59. The van der Waals surface area contributed by atoms with Crippen LogP contribution < -0.4 is 16.0 Å². The van der Waals surface area contributed by atoms with E-state index < -0.39 is 0 Å². The minimum absolute atomic E-state index is 0.0597. The number of hydrogen-bond acceptors (Lipinski definition) is 3. The Bertz CT molecular complexity index is 528. The molecule has 2 rings (SSSR count). The van der Waals surface area contributed by atoms with E-state index in [-0.39, 0.29) is 17.7 Å². The standard InChI is InChI=1S/C15H20ClN3O2/c1-2-6-18-15(21)12-4-3-11(16)8-13(12)19-14(20)10-5-7-17-9-10/h3-4,8,10,17H,2,5-7,9H2,1H3,(H,18,21)(H,19,20). The Balaban J connectivity index is 2.14. The van der Waals surface area contributed by atoms with Crippen LogP contribution in [0.25, 0.3) is 0 Å². The molecule has 5 nitrogen and oxygen atoms in total. The lowest BCUT2D eigenvalue weighted by Gasteiger charge is -2.14. The van der Waals surface area contributed by atoms with Gasteiger partial charge in [0.05, 0.1) is 17.2 Å². The van der Waals surface area contributed by atoms with Crippen LogP contribution in [0.4, 0.5) is 5.69 Å².